The van der Waals surface area contributed by atoms with Crippen molar-refractivity contribution < 1.29 is 46.1 Å². The molecule has 0 amide bonds. The van der Waals surface area contributed by atoms with Crippen molar-refractivity contribution in [3.8, 4) is 11.1 Å². The number of allylic oxidation sites excluding steroid dienone is 4. The van der Waals surface area contributed by atoms with Gasteiger partial charge in [0.25, 0.3) is 0 Å². The third kappa shape index (κ3) is 8.41. The molecule has 0 aromatic heterocycles. The molecule has 2 aliphatic rings. The standard InChI is InChI=1S/C29H41.C13H8Cl2.C5H5.2ClH.Zr/c1-26(2,3)22-14-18-13-19-15-23(27(4,5)6)25(29(10,11)12)17-21(19)20(18)16-24(22)28(7,8)9;14-12-5-1-10(2-6-12)9-11-3-7-13(15)8-4-11;1-2-4-5-3-1;;;/h14,16-17H,13H2,1-12H3;1-8H;1-3H,4H2;2*1H;/q;;;;;+2/p-2. The first-order chi connectivity index (χ1) is 23.2. The molecule has 4 aromatic carbocycles. The van der Waals surface area contributed by atoms with E-state index in [4.69, 9.17) is 23.2 Å². The zero-order chi connectivity index (χ0) is 36.6. The van der Waals surface area contributed by atoms with Gasteiger partial charge in [-0.2, -0.15) is 0 Å². The van der Waals surface area contributed by atoms with Crippen LogP contribution in [-0.4, -0.2) is 3.21 Å². The Morgan fingerprint density at radius 1 is 0.577 bits per heavy atom. The molecule has 274 valence electrons. The Hall–Kier alpha value is -1.73. The van der Waals surface area contributed by atoms with E-state index < -0.39 is 21.3 Å². The summed E-state index contributed by atoms with van der Waals surface area (Å²) in [6.45, 7) is 28.8. The van der Waals surface area contributed by atoms with Crippen molar-refractivity contribution in [2.45, 2.75) is 118 Å². The van der Waals surface area contributed by atoms with Gasteiger partial charge in [0.05, 0.1) is 0 Å². The summed E-state index contributed by atoms with van der Waals surface area (Å²) in [5.41, 5.74) is 14.4. The summed E-state index contributed by atoms with van der Waals surface area (Å²) in [6.07, 6.45) is 9.09. The Bertz CT molecular complexity index is 2020. The van der Waals surface area contributed by atoms with E-state index >= 15 is 0 Å². The summed E-state index contributed by atoms with van der Waals surface area (Å²) < 4.78 is 4.78. The van der Waals surface area contributed by atoms with Gasteiger partial charge in [-0.25, -0.2) is 0 Å². The minimum atomic E-state index is -3.01. The molecule has 0 atom stereocenters. The van der Waals surface area contributed by atoms with E-state index in [1.54, 1.807) is 17.7 Å². The van der Waals surface area contributed by atoms with E-state index in [9.17, 15) is 0 Å². The van der Waals surface area contributed by atoms with Crippen LogP contribution in [0.3, 0.4) is 0 Å². The third-order valence-electron chi connectivity index (χ3n) is 10.4. The van der Waals surface area contributed by atoms with Crippen LogP contribution < -0.4 is 28.1 Å². The molecule has 6 rings (SSSR count). The van der Waals surface area contributed by atoms with Crippen LogP contribution in [0.5, 0.6) is 0 Å². The molecule has 2 aliphatic carbocycles. The van der Waals surface area contributed by atoms with Gasteiger partial charge in [-0.3, -0.25) is 0 Å². The first-order valence-electron chi connectivity index (χ1n) is 18.2. The molecule has 0 N–H and O–H groups in total. The third-order valence-corrected chi connectivity index (χ3v) is 18.6. The van der Waals surface area contributed by atoms with Crippen LogP contribution in [0.15, 0.2) is 88.2 Å². The molecule has 0 aliphatic heterocycles. The molecular formula is C47H54Cl4Zr. The molecule has 0 unspecified atom stereocenters. The van der Waals surface area contributed by atoms with Gasteiger partial charge in [0.15, 0.2) is 0 Å². The Balaban J connectivity index is 0.00000302. The van der Waals surface area contributed by atoms with Crippen molar-refractivity contribution in [1.82, 2.24) is 0 Å². The number of hydrogen-bond acceptors (Lipinski definition) is 0. The van der Waals surface area contributed by atoms with Crippen molar-refractivity contribution >= 4 is 29.7 Å². The van der Waals surface area contributed by atoms with Gasteiger partial charge < -0.3 is 24.8 Å². The minimum Gasteiger partial charge on any atom is -1.00 e. The average Bonchev–Trinajstić information content (AvgIpc) is 3.66. The molecule has 4 aromatic rings. The van der Waals surface area contributed by atoms with E-state index in [2.05, 4.69) is 168 Å². The number of fused-ring (bicyclic) bond motifs is 3. The van der Waals surface area contributed by atoms with Crippen LogP contribution in [0.25, 0.3) is 11.1 Å². The van der Waals surface area contributed by atoms with E-state index in [0.29, 0.717) is 0 Å². The molecule has 0 saturated carbocycles. The molecule has 0 spiro atoms. The van der Waals surface area contributed by atoms with Crippen LogP contribution in [0.2, 0.25) is 10.0 Å². The van der Waals surface area contributed by atoms with E-state index in [1.165, 1.54) is 47.7 Å². The number of rotatable bonds is 4. The summed E-state index contributed by atoms with van der Waals surface area (Å²) in [7, 11) is 0. The first kappa shape index (κ1) is 43.0. The largest absolute Gasteiger partial charge is 1.00 e. The predicted molar refractivity (Wildman–Crippen MR) is 217 cm³/mol. The smallest absolute Gasteiger partial charge is 1.00 e. The fourth-order valence-electron chi connectivity index (χ4n) is 8.03. The van der Waals surface area contributed by atoms with Gasteiger partial charge >= 0.3 is 322 Å². The van der Waals surface area contributed by atoms with Crippen molar-refractivity contribution in [3.05, 3.63) is 143 Å². The maximum Gasteiger partial charge on any atom is -1.00 e. The fraction of sp³-hybridized carbons (Fsp3) is 0.383. The van der Waals surface area contributed by atoms with E-state index in [0.717, 1.165) is 22.9 Å². The molecule has 0 nitrogen and oxygen atoms in total. The summed E-state index contributed by atoms with van der Waals surface area (Å²) >= 11 is 10.1. The average molecular weight is 852 g/mol. The van der Waals surface area contributed by atoms with Gasteiger partial charge in [-0.1, -0.05) is 0 Å². The summed E-state index contributed by atoms with van der Waals surface area (Å²) in [6, 6.07) is 25.0. The van der Waals surface area contributed by atoms with Gasteiger partial charge in [0, 0.05) is 0 Å². The fourth-order valence-corrected chi connectivity index (χ4v) is 17.3. The van der Waals surface area contributed by atoms with Crippen molar-refractivity contribution in [2.75, 3.05) is 0 Å². The van der Waals surface area contributed by atoms with Crippen LogP contribution >= 0.6 is 23.2 Å². The quantitative estimate of drug-likeness (QED) is 0.181. The van der Waals surface area contributed by atoms with Gasteiger partial charge in [0.2, 0.25) is 0 Å². The second-order valence-electron chi connectivity index (χ2n) is 18.5. The zero-order valence-electron chi connectivity index (χ0n) is 33.0. The molecular weight excluding hydrogens is 798 g/mol. The number of benzene rings is 4. The normalized spacial score (nSPS) is 13.8. The van der Waals surface area contributed by atoms with Crippen molar-refractivity contribution in [2.24, 2.45) is 0 Å². The Morgan fingerprint density at radius 2 is 1.04 bits per heavy atom. The van der Waals surface area contributed by atoms with Gasteiger partial charge in [-0.15, -0.1) is 0 Å². The van der Waals surface area contributed by atoms with Crippen LogP contribution in [-0.2, 0) is 49.3 Å². The molecule has 0 saturated heterocycles. The summed E-state index contributed by atoms with van der Waals surface area (Å²) in [5, 5.41) is 1.53. The van der Waals surface area contributed by atoms with Gasteiger partial charge in [0.1, 0.15) is 0 Å². The molecule has 0 heterocycles. The predicted octanol–water partition coefficient (Wildman–Crippen LogP) is 7.12. The topological polar surface area (TPSA) is 0 Å². The number of halogens is 4. The zero-order valence-corrected chi connectivity index (χ0v) is 38.5. The Labute approximate surface area is 344 Å². The SMILES string of the molecule is CC(C)(C)c1cc2c(cc1C(C)(C)C)-c1cc(C(C)(C)C)c(C(C)(C)C)[c]([Zr+2]([C]3=CC=CC3)=[C](c3ccc(Cl)cc3)c3ccc(Cl)cc3)c1C2.[Cl-].[Cl-]. The second-order valence-corrected chi connectivity index (χ2v) is 25.3. The van der Waals surface area contributed by atoms with E-state index in [-0.39, 0.29) is 46.5 Å². The van der Waals surface area contributed by atoms with Crippen LogP contribution in [0, 0.1) is 0 Å². The maximum atomic E-state index is 6.55. The summed E-state index contributed by atoms with van der Waals surface area (Å²) in [4.78, 5) is 0. The molecule has 5 heteroatoms. The van der Waals surface area contributed by atoms with Gasteiger partial charge in [-0.05, 0) is 0 Å². The Morgan fingerprint density at radius 3 is 1.46 bits per heavy atom. The second kappa shape index (κ2) is 15.4. The minimum absolute atomic E-state index is 0. The first-order valence-corrected chi connectivity index (χ1v) is 22.6. The molecule has 0 fully saturated rings. The van der Waals surface area contributed by atoms with Crippen LogP contribution in [0.1, 0.15) is 134 Å². The molecule has 52 heavy (non-hydrogen) atoms. The molecule has 0 bridgehead atoms. The monoisotopic (exact) mass is 848 g/mol. The molecule has 0 radical (unpaired) electrons. The summed E-state index contributed by atoms with van der Waals surface area (Å²) in [5.74, 6) is 0. The maximum absolute atomic E-state index is 6.55. The van der Waals surface area contributed by atoms with Crippen molar-refractivity contribution in [1.29, 1.82) is 0 Å². The van der Waals surface area contributed by atoms with Crippen molar-refractivity contribution in [3.63, 3.8) is 0 Å². The Kier molecular flexibility index (Phi) is 12.8. The van der Waals surface area contributed by atoms with Crippen LogP contribution in [0.4, 0.5) is 0 Å². The van der Waals surface area contributed by atoms with E-state index in [1.807, 2.05) is 0 Å². The number of hydrogen-bond donors (Lipinski definition) is 0.